The zero-order valence-electron chi connectivity index (χ0n) is 20.8. The normalized spacial score (nSPS) is 14.8. The van der Waals surface area contributed by atoms with Gasteiger partial charge in [0.2, 0.25) is 0 Å². The van der Waals surface area contributed by atoms with E-state index >= 15 is 0 Å². The average molecular weight is 521 g/mol. The third-order valence-corrected chi connectivity index (χ3v) is 7.58. The minimum absolute atomic E-state index is 0.190. The number of nitrogens with one attached hydrogen (secondary N) is 1. The molecular weight excluding hydrogens is 488 g/mol. The molecule has 0 aliphatic carbocycles. The topological polar surface area (TPSA) is 66.7 Å². The monoisotopic (exact) mass is 520 g/mol. The number of hydrogen-bond donors (Lipinski definition) is 1. The molecular formula is C28H32N4O2S2. The van der Waals surface area contributed by atoms with Crippen LogP contribution in [0.25, 0.3) is 11.7 Å². The molecule has 1 amide bonds. The molecule has 0 bridgehead atoms. The predicted octanol–water partition coefficient (Wildman–Crippen LogP) is 6.18. The number of benzene rings is 1. The molecule has 1 fully saturated rings. The predicted molar refractivity (Wildman–Crippen MR) is 153 cm³/mol. The lowest BCUT2D eigenvalue weighted by Crippen LogP contribution is -2.27. The van der Waals surface area contributed by atoms with Gasteiger partial charge in [0.25, 0.3) is 11.5 Å². The number of amides is 1. The fourth-order valence-corrected chi connectivity index (χ4v) is 5.36. The molecule has 188 valence electrons. The smallest absolute Gasteiger partial charge is 0.267 e. The van der Waals surface area contributed by atoms with Gasteiger partial charge in [0.05, 0.1) is 17.0 Å². The second kappa shape index (κ2) is 12.3. The van der Waals surface area contributed by atoms with Gasteiger partial charge in [-0.25, -0.2) is 4.98 Å². The fourth-order valence-electron chi connectivity index (χ4n) is 4.12. The van der Waals surface area contributed by atoms with Gasteiger partial charge < -0.3 is 5.32 Å². The van der Waals surface area contributed by atoms with Crippen molar-refractivity contribution in [3.8, 4) is 0 Å². The number of aromatic nitrogens is 2. The van der Waals surface area contributed by atoms with Gasteiger partial charge >= 0.3 is 0 Å². The standard InChI is InChI=1S/C28H32N4O2S2/c1-3-4-5-6-7-9-16-29-25-22(26(33)31-17-10-8-11-24(31)30-25)18-23-27(34)32(28(35)36-23)19-21-14-12-20(2)13-15-21/h8,10-15,17-18,29H,3-7,9,16,19H2,1-2H3/b23-18+. The Balaban J connectivity index is 1.57. The second-order valence-electron chi connectivity index (χ2n) is 9.06. The molecule has 8 heteroatoms. The third-order valence-electron chi connectivity index (χ3n) is 6.20. The number of unbranched alkanes of at least 4 members (excludes halogenated alkanes) is 5. The van der Waals surface area contributed by atoms with Gasteiger partial charge in [-0.15, -0.1) is 0 Å². The summed E-state index contributed by atoms with van der Waals surface area (Å²) in [5, 5.41) is 3.36. The maximum Gasteiger partial charge on any atom is 0.267 e. The van der Waals surface area contributed by atoms with Crippen LogP contribution in [0, 0.1) is 6.92 Å². The van der Waals surface area contributed by atoms with Crippen LogP contribution < -0.4 is 10.9 Å². The number of fused-ring (bicyclic) bond motifs is 1. The van der Waals surface area contributed by atoms with Crippen LogP contribution >= 0.6 is 24.0 Å². The number of carbonyl (C=O) groups is 1. The first-order chi connectivity index (χ1) is 17.5. The number of thiocarbonyl (C=S) groups is 1. The van der Waals surface area contributed by atoms with Crippen LogP contribution in [0.4, 0.5) is 5.82 Å². The molecule has 3 aromatic rings. The van der Waals surface area contributed by atoms with Crippen LogP contribution in [0.5, 0.6) is 0 Å². The number of thioether (sulfide) groups is 1. The molecule has 6 nitrogen and oxygen atoms in total. The van der Waals surface area contributed by atoms with Crippen LogP contribution in [0.1, 0.15) is 62.1 Å². The quantitative estimate of drug-likeness (QED) is 0.185. The van der Waals surface area contributed by atoms with E-state index in [-0.39, 0.29) is 11.5 Å². The van der Waals surface area contributed by atoms with Crippen LogP contribution in [0.3, 0.4) is 0 Å². The van der Waals surface area contributed by atoms with Gasteiger partial charge in [-0.1, -0.05) is 98.9 Å². The first-order valence-corrected chi connectivity index (χ1v) is 13.8. The first kappa shape index (κ1) is 26.1. The Hall–Kier alpha value is -2.97. The minimum Gasteiger partial charge on any atom is -0.369 e. The Morgan fingerprint density at radius 1 is 1.03 bits per heavy atom. The molecule has 0 radical (unpaired) electrons. The van der Waals surface area contributed by atoms with Gasteiger partial charge in [0.1, 0.15) is 15.8 Å². The molecule has 1 aliphatic rings. The summed E-state index contributed by atoms with van der Waals surface area (Å²) < 4.78 is 2.00. The molecule has 0 unspecified atom stereocenters. The molecule has 1 saturated heterocycles. The lowest BCUT2D eigenvalue weighted by Gasteiger charge is -2.14. The maximum atomic E-state index is 13.4. The largest absolute Gasteiger partial charge is 0.369 e. The zero-order valence-corrected chi connectivity index (χ0v) is 22.5. The lowest BCUT2D eigenvalue weighted by atomic mass is 10.1. The van der Waals surface area contributed by atoms with E-state index in [0.717, 1.165) is 30.5 Å². The minimum atomic E-state index is -0.213. The number of aryl methyl sites for hydroxylation is 1. The summed E-state index contributed by atoms with van der Waals surface area (Å²) in [6.07, 6.45) is 10.4. The molecule has 1 aliphatic heterocycles. The number of hydrogen-bond acceptors (Lipinski definition) is 6. The van der Waals surface area contributed by atoms with Crippen molar-refractivity contribution in [3.63, 3.8) is 0 Å². The summed E-state index contributed by atoms with van der Waals surface area (Å²) in [4.78, 5) is 33.4. The summed E-state index contributed by atoms with van der Waals surface area (Å²) in [6.45, 7) is 5.36. The fraction of sp³-hybridized carbons (Fsp3) is 0.357. The Bertz CT molecular complexity index is 1330. The first-order valence-electron chi connectivity index (χ1n) is 12.5. The Morgan fingerprint density at radius 2 is 1.78 bits per heavy atom. The van der Waals surface area contributed by atoms with E-state index in [2.05, 4.69) is 12.2 Å². The van der Waals surface area contributed by atoms with Crippen molar-refractivity contribution < 1.29 is 4.79 Å². The summed E-state index contributed by atoms with van der Waals surface area (Å²) in [7, 11) is 0. The van der Waals surface area contributed by atoms with Gasteiger partial charge in [0.15, 0.2) is 0 Å². The molecule has 36 heavy (non-hydrogen) atoms. The van der Waals surface area contributed by atoms with Crippen LogP contribution in [0.2, 0.25) is 0 Å². The van der Waals surface area contributed by atoms with Gasteiger partial charge in [-0.3, -0.25) is 18.9 Å². The molecule has 1 N–H and O–H groups in total. The highest BCUT2D eigenvalue weighted by Gasteiger charge is 2.32. The van der Waals surface area contributed by atoms with E-state index in [1.165, 1.54) is 41.8 Å². The number of carbonyl (C=O) groups excluding carboxylic acids is 1. The number of pyridine rings is 1. The number of rotatable bonds is 11. The van der Waals surface area contributed by atoms with Gasteiger partial charge in [-0.05, 0) is 37.1 Å². The summed E-state index contributed by atoms with van der Waals surface area (Å²) in [6, 6.07) is 13.5. The number of anilines is 1. The second-order valence-corrected chi connectivity index (χ2v) is 10.7. The van der Waals surface area contributed by atoms with Crippen molar-refractivity contribution in [1.82, 2.24) is 14.3 Å². The van der Waals surface area contributed by atoms with Crippen LogP contribution in [-0.2, 0) is 11.3 Å². The summed E-state index contributed by atoms with van der Waals surface area (Å²) in [5.74, 6) is 0.313. The van der Waals surface area contributed by atoms with E-state index in [1.807, 2.05) is 43.3 Å². The Kier molecular flexibility index (Phi) is 8.93. The van der Waals surface area contributed by atoms with Gasteiger partial charge in [-0.2, -0.15) is 0 Å². The van der Waals surface area contributed by atoms with Gasteiger partial charge in [0, 0.05) is 12.7 Å². The maximum absolute atomic E-state index is 13.4. The Morgan fingerprint density at radius 3 is 2.56 bits per heavy atom. The third kappa shape index (κ3) is 6.23. The molecule has 0 spiro atoms. The van der Waals surface area contributed by atoms with E-state index in [1.54, 1.807) is 23.2 Å². The molecule has 3 heterocycles. The van der Waals surface area contributed by atoms with Crippen molar-refractivity contribution in [2.75, 3.05) is 11.9 Å². The number of nitrogens with zero attached hydrogens (tertiary/aromatic N) is 3. The van der Waals surface area contributed by atoms with Crippen molar-refractivity contribution in [3.05, 3.63) is 80.6 Å². The summed E-state index contributed by atoms with van der Waals surface area (Å²) in [5.41, 5.74) is 2.90. The molecule has 1 aromatic carbocycles. The van der Waals surface area contributed by atoms with E-state index in [4.69, 9.17) is 17.2 Å². The van der Waals surface area contributed by atoms with E-state index < -0.39 is 0 Å². The van der Waals surface area contributed by atoms with Crippen LogP contribution in [-0.4, -0.2) is 31.1 Å². The van der Waals surface area contributed by atoms with Crippen molar-refractivity contribution in [2.24, 2.45) is 0 Å². The van der Waals surface area contributed by atoms with Crippen molar-refractivity contribution >= 4 is 51.7 Å². The zero-order chi connectivity index (χ0) is 25.5. The molecule has 4 rings (SSSR count). The highest BCUT2D eigenvalue weighted by Crippen LogP contribution is 2.34. The highest BCUT2D eigenvalue weighted by atomic mass is 32.2. The summed E-state index contributed by atoms with van der Waals surface area (Å²) >= 11 is 6.75. The molecule has 2 aromatic heterocycles. The van der Waals surface area contributed by atoms with E-state index in [9.17, 15) is 9.59 Å². The lowest BCUT2D eigenvalue weighted by molar-refractivity contribution is -0.122. The Labute approximate surface area is 221 Å². The average Bonchev–Trinajstić information content (AvgIpc) is 3.14. The molecule has 0 atom stereocenters. The van der Waals surface area contributed by atoms with Crippen LogP contribution in [0.15, 0.2) is 58.4 Å². The highest BCUT2D eigenvalue weighted by molar-refractivity contribution is 8.26. The van der Waals surface area contributed by atoms with Crippen molar-refractivity contribution in [1.29, 1.82) is 0 Å². The molecule has 0 saturated carbocycles. The van der Waals surface area contributed by atoms with E-state index in [0.29, 0.717) is 32.8 Å². The van der Waals surface area contributed by atoms with Crippen molar-refractivity contribution in [2.45, 2.75) is 58.9 Å². The SMILES string of the molecule is CCCCCCCCNc1nc2ccccn2c(=O)c1/C=C1/SC(=S)N(Cc2ccc(C)cc2)C1=O.